The summed E-state index contributed by atoms with van der Waals surface area (Å²) in [5.74, 6) is 0.984. The van der Waals surface area contributed by atoms with E-state index < -0.39 is 0 Å². The largest absolute Gasteiger partial charge is 0.327 e. The highest BCUT2D eigenvalue weighted by atomic mass is 32.2. The molecule has 1 unspecified atom stereocenters. The first-order valence-corrected chi connectivity index (χ1v) is 5.86. The predicted octanol–water partition coefficient (Wildman–Crippen LogP) is 3.07. The lowest BCUT2D eigenvalue weighted by atomic mass is 10.2. The number of hydrogen-bond donors (Lipinski definition) is 1. The fourth-order valence-electron chi connectivity index (χ4n) is 1.14. The standard InChI is InChI=1S/C12H17NS/c1-2-3-7-11(13)10-14-12-8-5-4-6-9-12/h2,4-6,8-9,11H,1,3,7,10,13H2. The summed E-state index contributed by atoms with van der Waals surface area (Å²) in [7, 11) is 0. The van der Waals surface area contributed by atoms with Gasteiger partial charge in [0.15, 0.2) is 0 Å². The van der Waals surface area contributed by atoms with Crippen molar-refractivity contribution < 1.29 is 0 Å². The van der Waals surface area contributed by atoms with Gasteiger partial charge in [-0.05, 0) is 25.0 Å². The maximum atomic E-state index is 5.94. The highest BCUT2D eigenvalue weighted by Gasteiger charge is 2.01. The van der Waals surface area contributed by atoms with Crippen LogP contribution in [0.5, 0.6) is 0 Å². The number of nitrogens with two attached hydrogens (primary N) is 1. The molecule has 1 rings (SSSR count). The fraction of sp³-hybridized carbons (Fsp3) is 0.333. The van der Waals surface area contributed by atoms with Crippen molar-refractivity contribution in [3.63, 3.8) is 0 Å². The van der Waals surface area contributed by atoms with Crippen LogP contribution in [0.2, 0.25) is 0 Å². The summed E-state index contributed by atoms with van der Waals surface area (Å²) < 4.78 is 0. The Labute approximate surface area is 90.4 Å². The molecule has 1 nitrogen and oxygen atoms in total. The Morgan fingerprint density at radius 1 is 1.36 bits per heavy atom. The van der Waals surface area contributed by atoms with E-state index in [1.165, 1.54) is 4.90 Å². The molecular weight excluding hydrogens is 190 g/mol. The normalized spacial score (nSPS) is 12.4. The van der Waals surface area contributed by atoms with Crippen LogP contribution in [0.25, 0.3) is 0 Å². The topological polar surface area (TPSA) is 26.0 Å². The summed E-state index contributed by atoms with van der Waals surface area (Å²) in [5.41, 5.74) is 5.94. The molecule has 0 fully saturated rings. The summed E-state index contributed by atoms with van der Waals surface area (Å²) in [4.78, 5) is 1.29. The van der Waals surface area contributed by atoms with Crippen molar-refractivity contribution in [2.45, 2.75) is 23.8 Å². The Bertz CT molecular complexity index is 258. The second-order valence-corrected chi connectivity index (χ2v) is 4.34. The quantitative estimate of drug-likeness (QED) is 0.573. The average molecular weight is 207 g/mol. The van der Waals surface area contributed by atoms with E-state index in [-0.39, 0.29) is 6.04 Å². The van der Waals surface area contributed by atoms with Gasteiger partial charge >= 0.3 is 0 Å². The fourth-order valence-corrected chi connectivity index (χ4v) is 2.06. The van der Waals surface area contributed by atoms with Gasteiger partial charge in [0.25, 0.3) is 0 Å². The molecule has 0 saturated carbocycles. The van der Waals surface area contributed by atoms with E-state index in [4.69, 9.17) is 5.73 Å². The molecule has 0 aliphatic heterocycles. The first kappa shape index (κ1) is 11.3. The third-order valence-electron chi connectivity index (χ3n) is 1.95. The molecule has 0 aliphatic rings. The van der Waals surface area contributed by atoms with Crippen LogP contribution in [-0.4, -0.2) is 11.8 Å². The summed E-state index contributed by atoms with van der Waals surface area (Å²) in [6, 6.07) is 10.6. The maximum Gasteiger partial charge on any atom is 0.0136 e. The van der Waals surface area contributed by atoms with Gasteiger partial charge < -0.3 is 5.73 Å². The van der Waals surface area contributed by atoms with Gasteiger partial charge in [-0.25, -0.2) is 0 Å². The number of thioether (sulfide) groups is 1. The minimum absolute atomic E-state index is 0.276. The molecule has 1 atom stereocenters. The van der Waals surface area contributed by atoms with Gasteiger partial charge in [-0.2, -0.15) is 0 Å². The molecule has 0 spiro atoms. The zero-order valence-electron chi connectivity index (χ0n) is 8.36. The maximum absolute atomic E-state index is 5.94. The number of rotatable bonds is 6. The highest BCUT2D eigenvalue weighted by molar-refractivity contribution is 7.99. The van der Waals surface area contributed by atoms with Crippen molar-refractivity contribution in [3.8, 4) is 0 Å². The molecule has 0 saturated heterocycles. The van der Waals surface area contributed by atoms with Gasteiger partial charge in [0, 0.05) is 16.7 Å². The second-order valence-electron chi connectivity index (χ2n) is 3.25. The van der Waals surface area contributed by atoms with Gasteiger partial charge in [0.05, 0.1) is 0 Å². The average Bonchev–Trinajstić information content (AvgIpc) is 2.25. The Kier molecular flexibility index (Phi) is 5.42. The van der Waals surface area contributed by atoms with E-state index in [9.17, 15) is 0 Å². The molecule has 1 aromatic rings. The van der Waals surface area contributed by atoms with Crippen molar-refractivity contribution in [3.05, 3.63) is 43.0 Å². The number of benzene rings is 1. The summed E-state index contributed by atoms with van der Waals surface area (Å²) >= 11 is 1.82. The van der Waals surface area contributed by atoms with E-state index in [1.807, 2.05) is 23.9 Å². The van der Waals surface area contributed by atoms with Crippen molar-refractivity contribution >= 4 is 11.8 Å². The first-order chi connectivity index (χ1) is 6.83. The van der Waals surface area contributed by atoms with Crippen molar-refractivity contribution in [1.29, 1.82) is 0 Å². The predicted molar refractivity (Wildman–Crippen MR) is 64.6 cm³/mol. The Morgan fingerprint density at radius 2 is 2.07 bits per heavy atom. The summed E-state index contributed by atoms with van der Waals surface area (Å²) in [5, 5.41) is 0. The van der Waals surface area contributed by atoms with E-state index in [1.54, 1.807) is 0 Å². The Morgan fingerprint density at radius 3 is 2.71 bits per heavy atom. The lowest BCUT2D eigenvalue weighted by molar-refractivity contribution is 0.685. The monoisotopic (exact) mass is 207 g/mol. The Hall–Kier alpha value is -0.730. The SMILES string of the molecule is C=CCCC(N)CSc1ccccc1. The zero-order valence-corrected chi connectivity index (χ0v) is 9.17. The minimum Gasteiger partial charge on any atom is -0.327 e. The molecule has 0 bridgehead atoms. The minimum atomic E-state index is 0.276. The van der Waals surface area contributed by atoms with Crippen molar-refractivity contribution in [2.24, 2.45) is 5.73 Å². The number of allylic oxidation sites excluding steroid dienone is 1. The van der Waals surface area contributed by atoms with Crippen molar-refractivity contribution in [1.82, 2.24) is 0 Å². The molecule has 76 valence electrons. The molecule has 0 radical (unpaired) electrons. The summed E-state index contributed by atoms with van der Waals surface area (Å²) in [6.45, 7) is 3.69. The van der Waals surface area contributed by atoms with Crippen LogP contribution in [0.1, 0.15) is 12.8 Å². The molecule has 0 aromatic heterocycles. The molecule has 14 heavy (non-hydrogen) atoms. The van der Waals surface area contributed by atoms with Crippen LogP contribution >= 0.6 is 11.8 Å². The third-order valence-corrected chi connectivity index (χ3v) is 3.15. The molecular formula is C12H17NS. The van der Waals surface area contributed by atoms with Crippen LogP contribution < -0.4 is 5.73 Å². The molecule has 0 amide bonds. The van der Waals surface area contributed by atoms with Gasteiger partial charge in [-0.3, -0.25) is 0 Å². The summed E-state index contributed by atoms with van der Waals surface area (Å²) in [6.07, 6.45) is 3.97. The van der Waals surface area contributed by atoms with E-state index in [0.29, 0.717) is 0 Å². The molecule has 0 heterocycles. The van der Waals surface area contributed by atoms with E-state index >= 15 is 0 Å². The zero-order chi connectivity index (χ0) is 10.2. The van der Waals surface area contributed by atoms with Crippen LogP contribution in [-0.2, 0) is 0 Å². The van der Waals surface area contributed by atoms with Crippen LogP contribution in [0.3, 0.4) is 0 Å². The van der Waals surface area contributed by atoms with Gasteiger partial charge in [-0.15, -0.1) is 18.3 Å². The smallest absolute Gasteiger partial charge is 0.0136 e. The highest BCUT2D eigenvalue weighted by Crippen LogP contribution is 2.18. The van der Waals surface area contributed by atoms with Gasteiger partial charge in [0.1, 0.15) is 0 Å². The van der Waals surface area contributed by atoms with Crippen LogP contribution in [0.4, 0.5) is 0 Å². The first-order valence-electron chi connectivity index (χ1n) is 4.87. The van der Waals surface area contributed by atoms with Crippen LogP contribution in [0, 0.1) is 0 Å². The van der Waals surface area contributed by atoms with Crippen molar-refractivity contribution in [2.75, 3.05) is 5.75 Å². The van der Waals surface area contributed by atoms with Crippen LogP contribution in [0.15, 0.2) is 47.9 Å². The lowest BCUT2D eigenvalue weighted by Crippen LogP contribution is -2.22. The molecule has 1 aromatic carbocycles. The van der Waals surface area contributed by atoms with Gasteiger partial charge in [0.2, 0.25) is 0 Å². The number of hydrogen-bond acceptors (Lipinski definition) is 2. The third kappa shape index (κ3) is 4.49. The molecule has 2 heteroatoms. The van der Waals surface area contributed by atoms with E-state index in [2.05, 4.69) is 30.8 Å². The molecule has 2 N–H and O–H groups in total. The second kappa shape index (κ2) is 6.68. The lowest BCUT2D eigenvalue weighted by Gasteiger charge is -2.09. The van der Waals surface area contributed by atoms with Gasteiger partial charge in [-0.1, -0.05) is 24.3 Å². The van der Waals surface area contributed by atoms with E-state index in [0.717, 1.165) is 18.6 Å². The Balaban J connectivity index is 2.23. The molecule has 0 aliphatic carbocycles.